The Balaban J connectivity index is 5.26. The van der Waals surface area contributed by atoms with Crippen molar-refractivity contribution in [1.29, 1.82) is 0 Å². The topological polar surface area (TPSA) is 237 Å². The second-order valence-electron chi connectivity index (χ2n) is 30.6. The van der Waals surface area contributed by atoms with Crippen LogP contribution in [0.2, 0.25) is 0 Å². The number of unbranched alkanes of at least 4 members (excludes halogenated alkanes) is 42. The van der Waals surface area contributed by atoms with E-state index in [0.29, 0.717) is 25.7 Å². The van der Waals surface area contributed by atoms with Crippen molar-refractivity contribution in [3.63, 3.8) is 0 Å². The van der Waals surface area contributed by atoms with Crippen LogP contribution < -0.4 is 0 Å². The van der Waals surface area contributed by atoms with E-state index in [4.69, 9.17) is 37.0 Å². The van der Waals surface area contributed by atoms with Gasteiger partial charge in [0.15, 0.2) is 12.2 Å². The molecule has 7 atom stereocenters. The van der Waals surface area contributed by atoms with Gasteiger partial charge in [-0.2, -0.15) is 0 Å². The Kier molecular flexibility index (Phi) is 68.7. The Morgan fingerprint density at radius 3 is 0.710 bits per heavy atom. The van der Waals surface area contributed by atoms with E-state index in [1.165, 1.54) is 218 Å². The first-order valence-electron chi connectivity index (χ1n) is 41.8. The monoisotopic (exact) mass is 1470 g/mol. The zero-order valence-electron chi connectivity index (χ0n) is 65.8. The lowest BCUT2D eigenvalue weighted by atomic mass is 9.99. The van der Waals surface area contributed by atoms with Crippen molar-refractivity contribution in [1.82, 2.24) is 0 Å². The molecular formula is C81H158O17P2. The van der Waals surface area contributed by atoms with E-state index < -0.39 is 97.5 Å². The van der Waals surface area contributed by atoms with Crippen molar-refractivity contribution in [2.24, 2.45) is 23.7 Å². The molecule has 0 amide bonds. The van der Waals surface area contributed by atoms with Gasteiger partial charge in [0.05, 0.1) is 26.4 Å². The number of hydrogen-bond donors (Lipinski definition) is 3. The average Bonchev–Trinajstić information content (AvgIpc) is 0.938. The Morgan fingerprint density at radius 2 is 0.480 bits per heavy atom. The van der Waals surface area contributed by atoms with Crippen LogP contribution in [0.4, 0.5) is 0 Å². The van der Waals surface area contributed by atoms with Gasteiger partial charge in [-0.15, -0.1) is 0 Å². The maximum absolute atomic E-state index is 13.1. The molecule has 0 aliphatic carbocycles. The summed E-state index contributed by atoms with van der Waals surface area (Å²) in [5.41, 5.74) is 0. The van der Waals surface area contributed by atoms with Gasteiger partial charge in [0.1, 0.15) is 19.3 Å². The van der Waals surface area contributed by atoms with Crippen LogP contribution in [0.15, 0.2) is 0 Å². The minimum absolute atomic E-state index is 0.104. The van der Waals surface area contributed by atoms with Crippen molar-refractivity contribution in [2.45, 2.75) is 433 Å². The lowest BCUT2D eigenvalue weighted by molar-refractivity contribution is -0.161. The fourth-order valence-corrected chi connectivity index (χ4v) is 13.9. The van der Waals surface area contributed by atoms with E-state index in [2.05, 4.69) is 55.4 Å². The van der Waals surface area contributed by atoms with Gasteiger partial charge >= 0.3 is 39.5 Å². The number of carbonyl (C=O) groups excluding carboxylic acids is 4. The Morgan fingerprint density at radius 1 is 0.280 bits per heavy atom. The smallest absolute Gasteiger partial charge is 0.462 e. The zero-order valence-corrected chi connectivity index (χ0v) is 67.6. The largest absolute Gasteiger partial charge is 0.472 e. The third-order valence-corrected chi connectivity index (χ3v) is 21.4. The first-order valence-corrected chi connectivity index (χ1v) is 44.8. The molecule has 3 N–H and O–H groups in total. The molecule has 0 aliphatic heterocycles. The molecule has 0 spiro atoms. The quantitative estimate of drug-likeness (QED) is 0.0222. The van der Waals surface area contributed by atoms with Gasteiger partial charge in [0.2, 0.25) is 0 Å². The molecule has 0 saturated carbocycles. The first kappa shape index (κ1) is 98.1. The van der Waals surface area contributed by atoms with Crippen molar-refractivity contribution in [2.75, 3.05) is 39.6 Å². The lowest BCUT2D eigenvalue weighted by Gasteiger charge is -2.21. The summed E-state index contributed by atoms with van der Waals surface area (Å²) >= 11 is 0. The molecule has 0 rings (SSSR count). The highest BCUT2D eigenvalue weighted by atomic mass is 31.2. The first-order chi connectivity index (χ1) is 48.2. The molecule has 0 aromatic rings. The van der Waals surface area contributed by atoms with E-state index in [0.717, 1.165) is 114 Å². The van der Waals surface area contributed by atoms with Crippen molar-refractivity contribution in [3.8, 4) is 0 Å². The maximum Gasteiger partial charge on any atom is 0.472 e. The highest BCUT2D eigenvalue weighted by Gasteiger charge is 2.30. The van der Waals surface area contributed by atoms with Crippen LogP contribution in [0.1, 0.15) is 415 Å². The van der Waals surface area contributed by atoms with Crippen LogP contribution in [0.5, 0.6) is 0 Å². The number of phosphoric acid groups is 2. The third kappa shape index (κ3) is 71.7. The Hall–Kier alpha value is -1.94. The highest BCUT2D eigenvalue weighted by Crippen LogP contribution is 2.45. The SMILES string of the molecule is CCC(C)CCCCCCCCCCC(=O)OC[C@H](COP(=O)(O)OC[C@H](O)COP(=O)(O)OC[C@@H](COC(=O)CCCCCCCCCCCCCCCCC(C)C)OC(=O)CCCCCCCCCCCCCCCCCCC(C)C)OC(=O)CCCCCCCCCCC(C)CC. The predicted octanol–water partition coefficient (Wildman–Crippen LogP) is 24.0. The van der Waals surface area contributed by atoms with Gasteiger partial charge in [0.25, 0.3) is 0 Å². The van der Waals surface area contributed by atoms with Crippen LogP contribution in [0, 0.1) is 23.7 Å². The second-order valence-corrected chi connectivity index (χ2v) is 33.5. The number of ether oxygens (including phenoxy) is 4. The van der Waals surface area contributed by atoms with E-state index >= 15 is 0 Å². The van der Waals surface area contributed by atoms with Gasteiger partial charge in [-0.25, -0.2) is 9.13 Å². The van der Waals surface area contributed by atoms with E-state index in [1.807, 2.05) is 0 Å². The highest BCUT2D eigenvalue weighted by molar-refractivity contribution is 7.47. The number of aliphatic hydroxyl groups is 1. The molecule has 0 radical (unpaired) electrons. The van der Waals surface area contributed by atoms with Gasteiger partial charge in [0, 0.05) is 25.7 Å². The molecule has 0 fully saturated rings. The minimum atomic E-state index is -4.96. The van der Waals surface area contributed by atoms with Crippen molar-refractivity contribution >= 4 is 39.5 Å². The molecule has 19 heteroatoms. The van der Waals surface area contributed by atoms with Gasteiger partial charge < -0.3 is 33.8 Å². The zero-order chi connectivity index (χ0) is 73.8. The Bertz CT molecular complexity index is 1960. The summed E-state index contributed by atoms with van der Waals surface area (Å²) in [4.78, 5) is 73.0. The van der Waals surface area contributed by atoms with Crippen molar-refractivity contribution < 1.29 is 80.2 Å². The number of carbonyl (C=O) groups is 4. The van der Waals surface area contributed by atoms with E-state index in [9.17, 15) is 43.2 Å². The van der Waals surface area contributed by atoms with Crippen LogP contribution in [0.25, 0.3) is 0 Å². The number of hydrogen-bond acceptors (Lipinski definition) is 15. The molecule has 594 valence electrons. The number of aliphatic hydroxyl groups excluding tert-OH is 1. The lowest BCUT2D eigenvalue weighted by Crippen LogP contribution is -2.30. The fraction of sp³-hybridized carbons (Fsp3) is 0.951. The molecular weight excluding hydrogens is 1310 g/mol. The number of esters is 4. The van der Waals surface area contributed by atoms with Crippen LogP contribution in [-0.4, -0.2) is 96.7 Å². The molecule has 0 saturated heterocycles. The molecule has 0 aromatic carbocycles. The van der Waals surface area contributed by atoms with Crippen LogP contribution >= 0.6 is 15.6 Å². The molecule has 0 heterocycles. The van der Waals surface area contributed by atoms with Gasteiger partial charge in [-0.1, -0.05) is 364 Å². The fourth-order valence-electron chi connectivity index (χ4n) is 12.4. The van der Waals surface area contributed by atoms with Gasteiger partial charge in [-0.05, 0) is 49.4 Å². The summed E-state index contributed by atoms with van der Waals surface area (Å²) in [5.74, 6) is 1.04. The molecule has 17 nitrogen and oxygen atoms in total. The van der Waals surface area contributed by atoms with Crippen LogP contribution in [0.3, 0.4) is 0 Å². The minimum Gasteiger partial charge on any atom is -0.462 e. The molecule has 0 aromatic heterocycles. The van der Waals surface area contributed by atoms with Crippen LogP contribution in [-0.2, 0) is 65.4 Å². The number of rotatable bonds is 78. The predicted molar refractivity (Wildman–Crippen MR) is 409 cm³/mol. The van der Waals surface area contributed by atoms with E-state index in [1.54, 1.807) is 0 Å². The maximum atomic E-state index is 13.1. The molecule has 0 aliphatic rings. The Labute approximate surface area is 613 Å². The van der Waals surface area contributed by atoms with E-state index in [-0.39, 0.29) is 25.7 Å². The second kappa shape index (κ2) is 70.1. The summed E-state index contributed by atoms with van der Waals surface area (Å²) in [5, 5.41) is 10.6. The summed E-state index contributed by atoms with van der Waals surface area (Å²) in [6.45, 7) is 14.3. The summed E-state index contributed by atoms with van der Waals surface area (Å²) in [6, 6.07) is 0. The number of phosphoric ester groups is 2. The third-order valence-electron chi connectivity index (χ3n) is 19.5. The summed E-state index contributed by atoms with van der Waals surface area (Å²) < 4.78 is 68.7. The normalized spacial score (nSPS) is 14.6. The van der Waals surface area contributed by atoms with Gasteiger partial charge in [-0.3, -0.25) is 37.3 Å². The molecule has 4 unspecified atom stereocenters. The average molecular weight is 1470 g/mol. The standard InChI is InChI=1S/C81H158O17P2/c1-9-73(7)59-51-43-35-29-31-38-46-54-62-79(84)92-68-77(98-81(86)64-56-48-40-32-30-36-44-52-60-74(8)10-2)70-96-100(89,90)94-66-75(82)65-93-99(87,88)95-69-76(67-91-78(83)61-53-45-37-27-23-19-16-15-18-22-26-34-42-50-58-72(5)6)97-80(85)63-55-47-39-28-24-20-14-12-11-13-17-21-25-33-41-49-57-71(3)4/h71-77,82H,9-70H2,1-8H3,(H,87,88)(H,89,90)/t73?,74?,75-,76-,77-/m1/s1. The summed E-state index contributed by atoms with van der Waals surface area (Å²) in [6.07, 6.45) is 56.8. The molecule has 100 heavy (non-hydrogen) atoms. The van der Waals surface area contributed by atoms with Crippen molar-refractivity contribution in [3.05, 3.63) is 0 Å². The molecule has 0 bridgehead atoms. The summed E-state index contributed by atoms with van der Waals surface area (Å²) in [7, 11) is -9.92.